The molecule has 0 aliphatic carbocycles. The fraction of sp³-hybridized carbons (Fsp3) is 0.975. The van der Waals surface area contributed by atoms with Gasteiger partial charge in [0.2, 0.25) is 5.91 Å². The largest absolute Gasteiger partial charge is 0.466 e. The van der Waals surface area contributed by atoms with Crippen LogP contribution in [0.15, 0.2) is 0 Å². The van der Waals surface area contributed by atoms with E-state index in [9.17, 15) is 19.8 Å². The zero-order chi connectivity index (χ0) is 61.3. The highest BCUT2D eigenvalue weighted by Crippen LogP contribution is 2.21. The molecule has 0 aromatic carbocycles. The molecule has 0 bridgehead atoms. The summed E-state index contributed by atoms with van der Waals surface area (Å²) in [6.07, 6.45) is 93.5. The van der Waals surface area contributed by atoms with Gasteiger partial charge in [0, 0.05) is 12.8 Å². The van der Waals surface area contributed by atoms with Crippen LogP contribution in [-0.2, 0) is 14.3 Å². The first kappa shape index (κ1) is 83.9. The lowest BCUT2D eigenvalue weighted by Gasteiger charge is -2.22. The molecule has 0 radical (unpaired) electrons. The van der Waals surface area contributed by atoms with Gasteiger partial charge in [-0.1, -0.05) is 431 Å². The summed E-state index contributed by atoms with van der Waals surface area (Å²) >= 11 is 0. The van der Waals surface area contributed by atoms with E-state index in [1.807, 2.05) is 0 Å². The molecule has 0 spiro atoms. The molecule has 0 fully saturated rings. The molecule has 0 aromatic heterocycles. The topological polar surface area (TPSA) is 95.9 Å². The summed E-state index contributed by atoms with van der Waals surface area (Å²) in [5.74, 6) is 0.00174. The van der Waals surface area contributed by atoms with Crippen molar-refractivity contribution in [2.24, 2.45) is 0 Å². The van der Waals surface area contributed by atoms with E-state index < -0.39 is 12.1 Å². The number of ether oxygens (including phenoxy) is 1. The number of aliphatic hydroxyl groups is 2. The lowest BCUT2D eigenvalue weighted by Crippen LogP contribution is -2.45. The van der Waals surface area contributed by atoms with Crippen LogP contribution in [0.4, 0.5) is 0 Å². The van der Waals surface area contributed by atoms with Crippen molar-refractivity contribution in [2.75, 3.05) is 13.2 Å². The number of carbonyl (C=O) groups excluding carboxylic acids is 2. The molecule has 0 saturated carbocycles. The number of amides is 1. The molecule has 508 valence electrons. The van der Waals surface area contributed by atoms with Crippen molar-refractivity contribution in [2.45, 2.75) is 482 Å². The summed E-state index contributed by atoms with van der Waals surface area (Å²) < 4.78 is 5.49. The monoisotopic (exact) mass is 1200 g/mol. The van der Waals surface area contributed by atoms with E-state index in [2.05, 4.69) is 19.2 Å². The van der Waals surface area contributed by atoms with Gasteiger partial charge >= 0.3 is 5.97 Å². The molecular formula is C79H157NO5. The molecule has 2 unspecified atom stereocenters. The molecule has 1 amide bonds. The van der Waals surface area contributed by atoms with Crippen molar-refractivity contribution in [3.05, 3.63) is 0 Å². The molecule has 0 heterocycles. The Morgan fingerprint density at radius 1 is 0.282 bits per heavy atom. The van der Waals surface area contributed by atoms with E-state index in [0.717, 1.165) is 38.5 Å². The molecule has 2 atom stereocenters. The first-order valence-electron chi connectivity index (χ1n) is 39.8. The quantitative estimate of drug-likeness (QED) is 0.0417. The molecule has 0 aliphatic rings. The Balaban J connectivity index is 3.29. The summed E-state index contributed by atoms with van der Waals surface area (Å²) in [6, 6.07) is -0.536. The van der Waals surface area contributed by atoms with Gasteiger partial charge < -0.3 is 20.3 Å². The SMILES string of the molecule is CCCCCCCCCCCCCCCCCCCCCC(O)C(CO)NC(=O)CCCCCCCCCCCCCCCCCCCCCCCCCCCCCCCCCCCCCCCOC(=O)CCCCCCCCCCCCCC. The zero-order valence-electron chi connectivity index (χ0n) is 58.4. The minimum absolute atomic E-state index is 0.0236. The van der Waals surface area contributed by atoms with E-state index in [1.165, 1.54) is 398 Å². The van der Waals surface area contributed by atoms with Crippen LogP contribution in [-0.4, -0.2) is 47.4 Å². The molecule has 0 rings (SSSR count). The second-order valence-corrected chi connectivity index (χ2v) is 27.8. The number of unbranched alkanes of at least 4 members (excludes halogenated alkanes) is 65. The highest BCUT2D eigenvalue weighted by atomic mass is 16.5. The second-order valence-electron chi connectivity index (χ2n) is 27.8. The Morgan fingerprint density at radius 3 is 0.718 bits per heavy atom. The first-order chi connectivity index (χ1) is 42.0. The number of esters is 1. The maximum Gasteiger partial charge on any atom is 0.305 e. The third-order valence-electron chi connectivity index (χ3n) is 19.2. The summed E-state index contributed by atoms with van der Waals surface area (Å²) in [5, 5.41) is 23.4. The smallest absolute Gasteiger partial charge is 0.305 e. The average Bonchev–Trinajstić information content (AvgIpc) is 3.53. The zero-order valence-corrected chi connectivity index (χ0v) is 58.4. The Kier molecular flexibility index (Phi) is 74.3. The van der Waals surface area contributed by atoms with Crippen molar-refractivity contribution >= 4 is 11.9 Å². The minimum atomic E-state index is -0.660. The fourth-order valence-electron chi connectivity index (χ4n) is 13.1. The van der Waals surface area contributed by atoms with Crippen LogP contribution in [0.25, 0.3) is 0 Å². The van der Waals surface area contributed by atoms with E-state index in [-0.39, 0.29) is 18.5 Å². The van der Waals surface area contributed by atoms with E-state index >= 15 is 0 Å². The predicted molar refractivity (Wildman–Crippen MR) is 375 cm³/mol. The van der Waals surface area contributed by atoms with E-state index in [0.29, 0.717) is 25.9 Å². The molecule has 3 N–H and O–H groups in total. The Bertz CT molecular complexity index is 1240. The number of hydrogen-bond donors (Lipinski definition) is 3. The van der Waals surface area contributed by atoms with Gasteiger partial charge in [0.15, 0.2) is 0 Å². The normalized spacial score (nSPS) is 12.4. The molecular weight excluding hydrogens is 1040 g/mol. The van der Waals surface area contributed by atoms with Crippen molar-refractivity contribution in [3.63, 3.8) is 0 Å². The molecule has 0 aromatic rings. The van der Waals surface area contributed by atoms with Crippen LogP contribution < -0.4 is 5.32 Å². The second kappa shape index (κ2) is 75.3. The summed E-state index contributed by atoms with van der Waals surface area (Å²) in [5.41, 5.74) is 0. The van der Waals surface area contributed by atoms with Gasteiger partial charge in [-0.25, -0.2) is 0 Å². The fourth-order valence-corrected chi connectivity index (χ4v) is 13.1. The van der Waals surface area contributed by atoms with Gasteiger partial charge in [-0.15, -0.1) is 0 Å². The van der Waals surface area contributed by atoms with Crippen LogP contribution in [0.2, 0.25) is 0 Å². The lowest BCUT2D eigenvalue weighted by atomic mass is 10.0. The standard InChI is InChI=1S/C79H157NO5/c1-3-5-7-9-11-13-15-17-18-19-39-42-45-48-51-55-59-63-67-71-77(82)76(75-81)80-78(83)72-68-64-60-56-52-49-46-43-40-37-35-33-31-29-27-25-23-21-20-22-24-26-28-30-32-34-36-38-41-44-47-50-54-58-62-66-70-74-85-79(84)73-69-65-61-57-53-16-14-12-10-8-6-4-2/h76-77,81-82H,3-75H2,1-2H3,(H,80,83). The third-order valence-corrected chi connectivity index (χ3v) is 19.2. The first-order valence-corrected chi connectivity index (χ1v) is 39.8. The van der Waals surface area contributed by atoms with Crippen molar-refractivity contribution in [3.8, 4) is 0 Å². The summed E-state index contributed by atoms with van der Waals surface area (Å²) in [4.78, 5) is 24.6. The van der Waals surface area contributed by atoms with Gasteiger partial charge in [0.05, 0.1) is 25.4 Å². The minimum Gasteiger partial charge on any atom is -0.466 e. The molecule has 6 nitrogen and oxygen atoms in total. The summed E-state index contributed by atoms with van der Waals surface area (Å²) in [6.45, 7) is 5.01. The van der Waals surface area contributed by atoms with Gasteiger partial charge in [-0.05, 0) is 25.7 Å². The maximum atomic E-state index is 12.6. The lowest BCUT2D eigenvalue weighted by molar-refractivity contribution is -0.143. The highest BCUT2D eigenvalue weighted by molar-refractivity contribution is 5.76. The number of carbonyl (C=O) groups is 2. The van der Waals surface area contributed by atoms with Crippen molar-refractivity contribution < 1.29 is 24.5 Å². The Labute approximate surface area is 534 Å². The predicted octanol–water partition coefficient (Wildman–Crippen LogP) is 26.1. The van der Waals surface area contributed by atoms with Gasteiger partial charge in [-0.2, -0.15) is 0 Å². The summed E-state index contributed by atoms with van der Waals surface area (Å²) in [7, 11) is 0. The molecule has 0 saturated heterocycles. The number of hydrogen-bond acceptors (Lipinski definition) is 5. The molecule has 85 heavy (non-hydrogen) atoms. The number of rotatable bonds is 76. The maximum absolute atomic E-state index is 12.6. The van der Waals surface area contributed by atoms with Crippen LogP contribution in [0.1, 0.15) is 470 Å². The number of nitrogens with one attached hydrogen (secondary N) is 1. The van der Waals surface area contributed by atoms with Crippen LogP contribution in [0.5, 0.6) is 0 Å². The van der Waals surface area contributed by atoms with Gasteiger partial charge in [-0.3, -0.25) is 9.59 Å². The number of aliphatic hydroxyl groups excluding tert-OH is 2. The van der Waals surface area contributed by atoms with Crippen molar-refractivity contribution in [1.82, 2.24) is 5.32 Å². The molecule has 0 aliphatic heterocycles. The van der Waals surface area contributed by atoms with Crippen molar-refractivity contribution in [1.29, 1.82) is 0 Å². The van der Waals surface area contributed by atoms with Gasteiger partial charge in [0.25, 0.3) is 0 Å². The Morgan fingerprint density at radius 2 is 0.482 bits per heavy atom. The van der Waals surface area contributed by atoms with Crippen LogP contribution >= 0.6 is 0 Å². The average molecular weight is 1200 g/mol. The highest BCUT2D eigenvalue weighted by Gasteiger charge is 2.20. The Hall–Kier alpha value is -1.14. The third kappa shape index (κ3) is 71.8. The van der Waals surface area contributed by atoms with Crippen LogP contribution in [0.3, 0.4) is 0 Å². The van der Waals surface area contributed by atoms with Gasteiger partial charge in [0.1, 0.15) is 0 Å². The molecule has 6 heteroatoms. The van der Waals surface area contributed by atoms with E-state index in [1.54, 1.807) is 0 Å². The van der Waals surface area contributed by atoms with E-state index in [4.69, 9.17) is 4.74 Å². The van der Waals surface area contributed by atoms with Crippen LogP contribution in [0, 0.1) is 0 Å².